The van der Waals surface area contributed by atoms with E-state index in [1.807, 2.05) is 24.4 Å². The zero-order valence-electron chi connectivity index (χ0n) is 7.47. The summed E-state index contributed by atoms with van der Waals surface area (Å²) in [5.41, 5.74) is 2.38. The lowest BCUT2D eigenvalue weighted by Crippen LogP contribution is -1.75. The van der Waals surface area contributed by atoms with Crippen LogP contribution in [0, 0.1) is 6.42 Å². The summed E-state index contributed by atoms with van der Waals surface area (Å²) in [7, 11) is 0. The van der Waals surface area contributed by atoms with E-state index in [1.165, 1.54) is 10.9 Å². The third-order valence-electron chi connectivity index (χ3n) is 2.10. The van der Waals surface area contributed by atoms with E-state index in [0.717, 1.165) is 17.0 Å². The molecule has 0 amide bonds. The van der Waals surface area contributed by atoms with Crippen molar-refractivity contribution in [1.82, 2.24) is 4.98 Å². The maximum Gasteiger partial charge on any atom is 0.0457 e. The van der Waals surface area contributed by atoms with Crippen molar-refractivity contribution >= 4 is 22.5 Å². The smallest absolute Gasteiger partial charge is 0.0457 e. The molecule has 2 heteroatoms. The maximum absolute atomic E-state index is 5.92. The zero-order chi connectivity index (χ0) is 9.26. The van der Waals surface area contributed by atoms with Gasteiger partial charge in [0.25, 0.3) is 0 Å². The first-order valence-corrected chi connectivity index (χ1v) is 4.79. The Bertz CT molecular complexity index is 417. The summed E-state index contributed by atoms with van der Waals surface area (Å²) in [4.78, 5) is 3.21. The second-order valence-electron chi connectivity index (χ2n) is 3.05. The number of benzene rings is 1. The van der Waals surface area contributed by atoms with Gasteiger partial charge in [-0.1, -0.05) is 18.5 Å². The molecule has 2 aromatic rings. The summed E-state index contributed by atoms with van der Waals surface area (Å²) in [5.74, 6) is 0. The minimum absolute atomic E-state index is 0.790. The molecule has 0 aliphatic carbocycles. The highest BCUT2D eigenvalue weighted by molar-refractivity contribution is 6.31. The van der Waals surface area contributed by atoms with Gasteiger partial charge in [-0.05, 0) is 36.6 Å². The number of aromatic nitrogens is 1. The third-order valence-corrected chi connectivity index (χ3v) is 2.33. The van der Waals surface area contributed by atoms with Crippen LogP contribution in [0.4, 0.5) is 0 Å². The molecule has 0 aliphatic heterocycles. The van der Waals surface area contributed by atoms with Crippen LogP contribution in [0.1, 0.15) is 18.9 Å². The van der Waals surface area contributed by atoms with Crippen LogP contribution in [-0.2, 0) is 0 Å². The van der Waals surface area contributed by atoms with Crippen molar-refractivity contribution in [3.8, 4) is 0 Å². The van der Waals surface area contributed by atoms with Gasteiger partial charge in [0.15, 0.2) is 0 Å². The summed E-state index contributed by atoms with van der Waals surface area (Å²) in [6.45, 7) is 2.13. The van der Waals surface area contributed by atoms with Gasteiger partial charge in [0.1, 0.15) is 0 Å². The van der Waals surface area contributed by atoms with Crippen LogP contribution in [0.2, 0.25) is 5.02 Å². The van der Waals surface area contributed by atoms with Crippen LogP contribution in [0.15, 0.2) is 24.4 Å². The number of fused-ring (bicyclic) bond motifs is 1. The molecule has 0 bridgehead atoms. The summed E-state index contributed by atoms with van der Waals surface area (Å²) < 4.78 is 0. The summed E-state index contributed by atoms with van der Waals surface area (Å²) in [6.07, 6.45) is 5.25. The topological polar surface area (TPSA) is 15.8 Å². The van der Waals surface area contributed by atoms with E-state index in [0.29, 0.717) is 0 Å². The minimum atomic E-state index is 0.790. The van der Waals surface area contributed by atoms with E-state index in [1.54, 1.807) is 0 Å². The van der Waals surface area contributed by atoms with Gasteiger partial charge in [-0.15, -0.1) is 0 Å². The van der Waals surface area contributed by atoms with Gasteiger partial charge in [0.2, 0.25) is 0 Å². The zero-order valence-corrected chi connectivity index (χ0v) is 8.23. The molecule has 1 aromatic heterocycles. The molecule has 0 atom stereocenters. The van der Waals surface area contributed by atoms with Crippen LogP contribution < -0.4 is 0 Å². The molecule has 1 radical (unpaired) electrons. The van der Waals surface area contributed by atoms with Crippen molar-refractivity contribution in [3.63, 3.8) is 0 Å². The monoisotopic (exact) mass is 192 g/mol. The van der Waals surface area contributed by atoms with Crippen molar-refractivity contribution in [2.24, 2.45) is 0 Å². The Balaban J connectivity index is 2.58. The number of hydrogen-bond donors (Lipinski definition) is 1. The summed E-state index contributed by atoms with van der Waals surface area (Å²) in [6, 6.07) is 5.90. The molecule has 13 heavy (non-hydrogen) atoms. The SMILES string of the molecule is CC[CH]c1c[nH]c2ccc(Cl)cc12. The standard InChI is InChI=1S/C11H11ClN/c1-2-3-8-7-13-11-5-4-9(12)6-10(8)11/h3-7,13H,2H2,1H3. The molecular formula is C11H11ClN. The minimum Gasteiger partial charge on any atom is -0.361 e. The Morgan fingerprint density at radius 2 is 2.31 bits per heavy atom. The van der Waals surface area contributed by atoms with E-state index < -0.39 is 0 Å². The third kappa shape index (κ3) is 1.56. The first kappa shape index (κ1) is 8.64. The van der Waals surface area contributed by atoms with Gasteiger partial charge in [-0.25, -0.2) is 0 Å². The second kappa shape index (κ2) is 3.43. The molecule has 1 N–H and O–H groups in total. The van der Waals surface area contributed by atoms with Crippen molar-refractivity contribution in [1.29, 1.82) is 0 Å². The number of H-pyrrole nitrogens is 1. The molecule has 0 aliphatic rings. The van der Waals surface area contributed by atoms with E-state index in [2.05, 4.69) is 18.3 Å². The van der Waals surface area contributed by atoms with Crippen LogP contribution >= 0.6 is 11.6 Å². The highest BCUT2D eigenvalue weighted by Gasteiger charge is 2.02. The quantitative estimate of drug-likeness (QED) is 0.746. The number of halogens is 1. The van der Waals surface area contributed by atoms with Crippen LogP contribution in [-0.4, -0.2) is 4.98 Å². The predicted molar refractivity (Wildman–Crippen MR) is 57.0 cm³/mol. The molecule has 1 nitrogen and oxygen atoms in total. The van der Waals surface area contributed by atoms with Gasteiger partial charge in [-0.3, -0.25) is 0 Å². The molecule has 0 saturated heterocycles. The molecule has 67 valence electrons. The predicted octanol–water partition coefficient (Wildman–Crippen LogP) is 3.78. The Morgan fingerprint density at radius 1 is 1.46 bits per heavy atom. The Hall–Kier alpha value is -0.950. The number of hydrogen-bond acceptors (Lipinski definition) is 0. The highest BCUT2D eigenvalue weighted by atomic mass is 35.5. The molecule has 0 unspecified atom stereocenters. The largest absolute Gasteiger partial charge is 0.361 e. The second-order valence-corrected chi connectivity index (χ2v) is 3.48. The molecule has 0 spiro atoms. The fraction of sp³-hybridized carbons (Fsp3) is 0.182. The summed E-state index contributed by atoms with van der Waals surface area (Å²) >= 11 is 5.92. The van der Waals surface area contributed by atoms with Crippen LogP contribution in [0.3, 0.4) is 0 Å². The molecule has 2 rings (SSSR count). The lowest BCUT2D eigenvalue weighted by atomic mass is 10.1. The average Bonchev–Trinajstić information content (AvgIpc) is 2.49. The van der Waals surface area contributed by atoms with E-state index >= 15 is 0 Å². The van der Waals surface area contributed by atoms with Gasteiger partial charge >= 0.3 is 0 Å². The fourth-order valence-corrected chi connectivity index (χ4v) is 1.68. The summed E-state index contributed by atoms with van der Waals surface area (Å²) in [5, 5.41) is 1.99. The molecule has 1 heterocycles. The van der Waals surface area contributed by atoms with E-state index in [-0.39, 0.29) is 0 Å². The lowest BCUT2D eigenvalue weighted by molar-refractivity contribution is 1.13. The van der Waals surface area contributed by atoms with Crippen molar-refractivity contribution in [3.05, 3.63) is 41.4 Å². The highest BCUT2D eigenvalue weighted by Crippen LogP contribution is 2.23. The average molecular weight is 193 g/mol. The molecule has 1 aromatic carbocycles. The van der Waals surface area contributed by atoms with E-state index in [9.17, 15) is 0 Å². The Morgan fingerprint density at radius 3 is 3.08 bits per heavy atom. The first-order valence-electron chi connectivity index (χ1n) is 4.41. The number of nitrogens with one attached hydrogen (secondary N) is 1. The van der Waals surface area contributed by atoms with Gasteiger partial charge in [-0.2, -0.15) is 0 Å². The lowest BCUT2D eigenvalue weighted by Gasteiger charge is -1.95. The Kier molecular flexibility index (Phi) is 2.28. The van der Waals surface area contributed by atoms with Gasteiger partial charge < -0.3 is 4.98 Å². The number of rotatable bonds is 2. The fourth-order valence-electron chi connectivity index (χ4n) is 1.50. The van der Waals surface area contributed by atoms with Gasteiger partial charge in [0, 0.05) is 22.1 Å². The van der Waals surface area contributed by atoms with E-state index in [4.69, 9.17) is 11.6 Å². The van der Waals surface area contributed by atoms with Crippen molar-refractivity contribution in [2.75, 3.05) is 0 Å². The molecule has 0 saturated carbocycles. The normalized spacial score (nSPS) is 10.9. The molecular weight excluding hydrogens is 182 g/mol. The number of aromatic amines is 1. The molecule has 0 fully saturated rings. The van der Waals surface area contributed by atoms with Gasteiger partial charge in [0.05, 0.1) is 0 Å². The Labute approximate surface area is 82.7 Å². The van der Waals surface area contributed by atoms with Crippen molar-refractivity contribution < 1.29 is 0 Å². The maximum atomic E-state index is 5.92. The van der Waals surface area contributed by atoms with Crippen LogP contribution in [0.5, 0.6) is 0 Å². The van der Waals surface area contributed by atoms with Crippen molar-refractivity contribution in [2.45, 2.75) is 13.3 Å². The van der Waals surface area contributed by atoms with Crippen LogP contribution in [0.25, 0.3) is 10.9 Å². The first-order chi connectivity index (χ1) is 6.31.